The molecule has 2 radical (unpaired) electrons. The summed E-state index contributed by atoms with van der Waals surface area (Å²) in [5.41, 5.74) is -0.672. The summed E-state index contributed by atoms with van der Waals surface area (Å²) in [6.07, 6.45) is 0.920. The first-order chi connectivity index (χ1) is 5.10. The van der Waals surface area contributed by atoms with Crippen molar-refractivity contribution in [2.45, 2.75) is 37.3 Å². The third-order valence-corrected chi connectivity index (χ3v) is 2.15. The first-order valence-corrected chi connectivity index (χ1v) is 3.73. The maximum Gasteiger partial charge on any atom is 0.103 e. The number of hydrogen-bond acceptors (Lipinski definition) is 3. The van der Waals surface area contributed by atoms with Crippen molar-refractivity contribution in [3.8, 4) is 6.07 Å². The number of nitrogens with zero attached hydrogens (tertiary/aromatic N) is 1. The Balaban J connectivity index is 2.57. The molecule has 0 bridgehead atoms. The molecule has 0 aromatic rings. The molecule has 1 aliphatic rings. The summed E-state index contributed by atoms with van der Waals surface area (Å²) in [7, 11) is 5.62. The normalized spacial score (nSPS) is 38.8. The molecule has 0 aromatic heterocycles. The van der Waals surface area contributed by atoms with E-state index < -0.39 is 11.8 Å². The summed E-state index contributed by atoms with van der Waals surface area (Å²) in [6, 6.07) is 2.10. The first-order valence-electron chi connectivity index (χ1n) is 3.73. The van der Waals surface area contributed by atoms with Gasteiger partial charge in [-0.1, -0.05) is 6.42 Å². The molecule has 58 valence electrons. The zero-order valence-corrected chi connectivity index (χ0v) is 6.54. The highest BCUT2D eigenvalue weighted by atomic mass is 16.3. The van der Waals surface area contributed by atoms with Crippen LogP contribution in [0.5, 0.6) is 0 Å². The molecule has 0 spiro atoms. The molecule has 3 unspecified atom stereocenters. The second-order valence-corrected chi connectivity index (χ2v) is 3.05. The standard InChI is InChI=1S/C7H11BN2O/c1-5(11)10-7(4-9)3-2-6(7)8/h5-6,10-11H,2-3H2,1H3. The van der Waals surface area contributed by atoms with Crippen molar-refractivity contribution in [1.29, 1.82) is 5.26 Å². The Morgan fingerprint density at radius 3 is 2.64 bits per heavy atom. The Labute approximate surface area is 67.8 Å². The molecule has 0 aromatic carbocycles. The molecule has 4 heteroatoms. The van der Waals surface area contributed by atoms with E-state index in [4.69, 9.17) is 18.2 Å². The summed E-state index contributed by atoms with van der Waals surface area (Å²) < 4.78 is 0. The van der Waals surface area contributed by atoms with Crippen molar-refractivity contribution < 1.29 is 5.11 Å². The van der Waals surface area contributed by atoms with E-state index in [1.54, 1.807) is 6.92 Å². The summed E-state index contributed by atoms with van der Waals surface area (Å²) in [6.45, 7) is 1.59. The van der Waals surface area contributed by atoms with Gasteiger partial charge in [0.25, 0.3) is 0 Å². The predicted octanol–water partition coefficient (Wildman–Crippen LogP) is -0.0725. The predicted molar refractivity (Wildman–Crippen MR) is 41.9 cm³/mol. The Morgan fingerprint density at radius 1 is 1.91 bits per heavy atom. The molecular formula is C7H11BN2O. The van der Waals surface area contributed by atoms with Gasteiger partial charge in [0.2, 0.25) is 0 Å². The van der Waals surface area contributed by atoms with Crippen molar-refractivity contribution in [2.24, 2.45) is 0 Å². The van der Waals surface area contributed by atoms with Crippen LogP contribution in [0, 0.1) is 11.3 Å². The largest absolute Gasteiger partial charge is 0.379 e. The highest BCUT2D eigenvalue weighted by Crippen LogP contribution is 2.40. The van der Waals surface area contributed by atoms with E-state index in [2.05, 4.69) is 11.4 Å². The van der Waals surface area contributed by atoms with Crippen LogP contribution in [-0.4, -0.2) is 24.7 Å². The van der Waals surface area contributed by atoms with Crippen molar-refractivity contribution in [1.82, 2.24) is 5.32 Å². The molecule has 0 heterocycles. The highest BCUT2D eigenvalue weighted by Gasteiger charge is 2.44. The van der Waals surface area contributed by atoms with E-state index in [0.717, 1.165) is 12.8 Å². The lowest BCUT2D eigenvalue weighted by molar-refractivity contribution is 0.0943. The minimum absolute atomic E-state index is 0.137. The minimum atomic E-state index is -0.672. The Kier molecular flexibility index (Phi) is 2.21. The summed E-state index contributed by atoms with van der Waals surface area (Å²) >= 11 is 0. The zero-order valence-electron chi connectivity index (χ0n) is 6.54. The molecule has 0 saturated heterocycles. The van der Waals surface area contributed by atoms with E-state index in [1.807, 2.05) is 0 Å². The van der Waals surface area contributed by atoms with E-state index in [9.17, 15) is 0 Å². The third kappa shape index (κ3) is 1.40. The summed E-state index contributed by atoms with van der Waals surface area (Å²) in [5.74, 6) is -0.137. The van der Waals surface area contributed by atoms with E-state index in [-0.39, 0.29) is 5.82 Å². The molecule has 1 saturated carbocycles. The maximum absolute atomic E-state index is 8.98. The molecule has 3 nitrogen and oxygen atoms in total. The van der Waals surface area contributed by atoms with Crippen molar-refractivity contribution >= 4 is 7.85 Å². The van der Waals surface area contributed by atoms with Crippen molar-refractivity contribution in [2.75, 3.05) is 0 Å². The summed E-state index contributed by atoms with van der Waals surface area (Å²) in [5, 5.41) is 20.5. The smallest absolute Gasteiger partial charge is 0.103 e. The van der Waals surface area contributed by atoms with Gasteiger partial charge in [-0.3, -0.25) is 5.32 Å². The highest BCUT2D eigenvalue weighted by molar-refractivity contribution is 6.13. The fourth-order valence-corrected chi connectivity index (χ4v) is 1.32. The monoisotopic (exact) mass is 150 g/mol. The van der Waals surface area contributed by atoms with Crippen LogP contribution in [0.15, 0.2) is 0 Å². The number of nitriles is 1. The lowest BCUT2D eigenvalue weighted by Gasteiger charge is -2.44. The number of hydrogen-bond donors (Lipinski definition) is 2. The Bertz CT molecular complexity index is 189. The molecule has 1 aliphatic carbocycles. The second kappa shape index (κ2) is 2.84. The number of rotatable bonds is 2. The van der Waals surface area contributed by atoms with Gasteiger partial charge in [-0.2, -0.15) is 5.26 Å². The lowest BCUT2D eigenvalue weighted by Crippen LogP contribution is -2.57. The average Bonchev–Trinajstić information content (AvgIpc) is 1.96. The molecule has 0 amide bonds. The van der Waals surface area contributed by atoms with E-state index in [0.29, 0.717) is 0 Å². The molecule has 0 aliphatic heterocycles. The van der Waals surface area contributed by atoms with Gasteiger partial charge >= 0.3 is 0 Å². The average molecular weight is 150 g/mol. The van der Waals surface area contributed by atoms with Crippen LogP contribution in [0.3, 0.4) is 0 Å². The van der Waals surface area contributed by atoms with Gasteiger partial charge in [-0.05, 0) is 19.2 Å². The number of nitrogens with one attached hydrogen (secondary N) is 1. The first kappa shape index (κ1) is 8.57. The van der Waals surface area contributed by atoms with E-state index >= 15 is 0 Å². The van der Waals surface area contributed by atoms with Gasteiger partial charge in [0.15, 0.2) is 0 Å². The molecule has 3 atom stereocenters. The van der Waals surface area contributed by atoms with Crippen LogP contribution in [0.2, 0.25) is 5.82 Å². The molecule has 2 N–H and O–H groups in total. The fourth-order valence-electron chi connectivity index (χ4n) is 1.32. The van der Waals surface area contributed by atoms with Gasteiger partial charge in [-0.25, -0.2) is 0 Å². The van der Waals surface area contributed by atoms with Crippen molar-refractivity contribution in [3.05, 3.63) is 0 Å². The van der Waals surface area contributed by atoms with Crippen LogP contribution < -0.4 is 5.32 Å². The Morgan fingerprint density at radius 2 is 2.55 bits per heavy atom. The van der Waals surface area contributed by atoms with Crippen LogP contribution in [-0.2, 0) is 0 Å². The van der Waals surface area contributed by atoms with Gasteiger partial charge in [0.1, 0.15) is 11.8 Å². The maximum atomic E-state index is 8.98. The van der Waals surface area contributed by atoms with E-state index in [1.165, 1.54) is 0 Å². The third-order valence-electron chi connectivity index (χ3n) is 2.15. The molecule has 1 fully saturated rings. The fraction of sp³-hybridized carbons (Fsp3) is 0.857. The minimum Gasteiger partial charge on any atom is -0.379 e. The molecule has 11 heavy (non-hydrogen) atoms. The van der Waals surface area contributed by atoms with Crippen LogP contribution >= 0.6 is 0 Å². The molecular weight excluding hydrogens is 139 g/mol. The van der Waals surface area contributed by atoms with Crippen molar-refractivity contribution in [3.63, 3.8) is 0 Å². The van der Waals surface area contributed by atoms with Crippen LogP contribution in [0.4, 0.5) is 0 Å². The quantitative estimate of drug-likeness (QED) is 0.427. The van der Waals surface area contributed by atoms with Gasteiger partial charge in [-0.15, -0.1) is 0 Å². The Hall–Kier alpha value is -0.525. The number of aliphatic hydroxyl groups is 1. The van der Waals surface area contributed by atoms with Crippen LogP contribution in [0.1, 0.15) is 19.8 Å². The second-order valence-electron chi connectivity index (χ2n) is 3.05. The number of aliphatic hydroxyl groups excluding tert-OH is 1. The summed E-state index contributed by atoms with van der Waals surface area (Å²) in [4.78, 5) is 0. The van der Waals surface area contributed by atoms with Gasteiger partial charge in [0, 0.05) is 0 Å². The topological polar surface area (TPSA) is 56.0 Å². The zero-order chi connectivity index (χ0) is 8.48. The van der Waals surface area contributed by atoms with Crippen LogP contribution in [0.25, 0.3) is 0 Å². The van der Waals surface area contributed by atoms with Gasteiger partial charge in [0.05, 0.1) is 13.9 Å². The van der Waals surface area contributed by atoms with Gasteiger partial charge < -0.3 is 5.11 Å². The SMILES string of the molecule is [B]C1CCC1(C#N)NC(C)O. The lowest BCUT2D eigenvalue weighted by atomic mass is 9.57. The molecule has 1 rings (SSSR count).